The predicted molar refractivity (Wildman–Crippen MR) is 127 cm³/mol. The van der Waals surface area contributed by atoms with Crippen LogP contribution in [0.1, 0.15) is 68.5 Å². The van der Waals surface area contributed by atoms with Crippen molar-refractivity contribution in [3.8, 4) is 0 Å². The van der Waals surface area contributed by atoms with Crippen LogP contribution < -0.4 is 0 Å². The molecule has 1 aromatic carbocycles. The minimum atomic E-state index is -1.11. The van der Waals surface area contributed by atoms with Crippen molar-refractivity contribution in [3.63, 3.8) is 0 Å². The first-order chi connectivity index (χ1) is 16.7. The lowest BCUT2D eigenvalue weighted by atomic mass is 10.0. The standard InChI is InChI=1S/C27H28N2O6/c1-16(2)12-23(29-25(31)20-9-5-6-10-21(20)26(29)32)27(33)35-15-24(30)22-13-17(3)28(18(22)4)14-19-8-7-11-34-19/h5-11,13,16,23H,12,14-15H2,1-4H3/t23-/m1/s1. The Balaban J connectivity index is 1.49. The summed E-state index contributed by atoms with van der Waals surface area (Å²) in [5.41, 5.74) is 2.58. The number of ether oxygens (including phenoxy) is 1. The van der Waals surface area contributed by atoms with Gasteiger partial charge in [-0.05, 0) is 56.5 Å². The number of hydrogen-bond acceptors (Lipinski definition) is 6. The zero-order valence-electron chi connectivity index (χ0n) is 20.2. The molecule has 0 fully saturated rings. The number of aromatic nitrogens is 1. The lowest BCUT2D eigenvalue weighted by Crippen LogP contribution is -2.46. The summed E-state index contributed by atoms with van der Waals surface area (Å²) in [5.74, 6) is -1.42. The molecule has 0 radical (unpaired) electrons. The maximum absolute atomic E-state index is 13.1. The molecule has 8 nitrogen and oxygen atoms in total. The number of furan rings is 1. The molecule has 1 aliphatic rings. The highest BCUT2D eigenvalue weighted by molar-refractivity contribution is 6.22. The highest BCUT2D eigenvalue weighted by atomic mass is 16.5. The summed E-state index contributed by atoms with van der Waals surface area (Å²) in [6, 6.07) is 10.8. The number of fused-ring (bicyclic) bond motifs is 1. The monoisotopic (exact) mass is 476 g/mol. The van der Waals surface area contributed by atoms with Crippen LogP contribution in [0.2, 0.25) is 0 Å². The number of carbonyl (C=O) groups excluding carboxylic acids is 4. The molecule has 0 N–H and O–H groups in total. The lowest BCUT2D eigenvalue weighted by Gasteiger charge is -2.25. The Morgan fingerprint density at radius 3 is 2.23 bits per heavy atom. The van der Waals surface area contributed by atoms with Crippen LogP contribution in [0.25, 0.3) is 0 Å². The summed E-state index contributed by atoms with van der Waals surface area (Å²) >= 11 is 0. The molecule has 0 unspecified atom stereocenters. The van der Waals surface area contributed by atoms with Crippen molar-refractivity contribution in [3.05, 3.63) is 82.6 Å². The third-order valence-corrected chi connectivity index (χ3v) is 6.22. The van der Waals surface area contributed by atoms with E-state index in [-0.39, 0.29) is 29.2 Å². The van der Waals surface area contributed by atoms with Gasteiger partial charge < -0.3 is 13.7 Å². The van der Waals surface area contributed by atoms with E-state index in [9.17, 15) is 19.2 Å². The van der Waals surface area contributed by atoms with Crippen molar-refractivity contribution in [2.75, 3.05) is 6.61 Å². The van der Waals surface area contributed by atoms with Gasteiger partial charge in [0.1, 0.15) is 11.8 Å². The Labute approximate surface area is 203 Å². The minimum absolute atomic E-state index is 0.00749. The Hall–Kier alpha value is -3.94. The van der Waals surface area contributed by atoms with Gasteiger partial charge in [0.2, 0.25) is 5.78 Å². The SMILES string of the molecule is Cc1cc(C(=O)COC(=O)[C@@H](CC(C)C)N2C(=O)c3ccccc3C2=O)c(C)n1Cc1ccco1. The van der Waals surface area contributed by atoms with Gasteiger partial charge in [-0.3, -0.25) is 19.3 Å². The fraction of sp³-hybridized carbons (Fsp3) is 0.333. The number of hydrogen-bond donors (Lipinski definition) is 0. The van der Waals surface area contributed by atoms with Gasteiger partial charge in [0.05, 0.1) is 23.9 Å². The average Bonchev–Trinajstić information content (AvgIpc) is 3.51. The maximum Gasteiger partial charge on any atom is 0.329 e. The first kappa shape index (κ1) is 24.2. The van der Waals surface area contributed by atoms with Crippen molar-refractivity contribution in [1.82, 2.24) is 9.47 Å². The number of Topliss-reactive ketones (excluding diaryl/α,β-unsaturated/α-hetero) is 1. The van der Waals surface area contributed by atoms with Crippen LogP contribution in [0.3, 0.4) is 0 Å². The van der Waals surface area contributed by atoms with Gasteiger partial charge in [-0.1, -0.05) is 26.0 Å². The summed E-state index contributed by atoms with van der Waals surface area (Å²) in [6.45, 7) is 7.48. The van der Waals surface area contributed by atoms with Crippen LogP contribution in [0.5, 0.6) is 0 Å². The number of nitrogens with zero attached hydrogens (tertiary/aromatic N) is 2. The summed E-state index contributed by atoms with van der Waals surface area (Å²) in [7, 11) is 0. The molecule has 1 aliphatic heterocycles. The topological polar surface area (TPSA) is 98.8 Å². The molecule has 3 aromatic rings. The van der Waals surface area contributed by atoms with Crippen molar-refractivity contribution in [2.45, 2.75) is 46.7 Å². The molecule has 0 spiro atoms. The van der Waals surface area contributed by atoms with Gasteiger partial charge in [0, 0.05) is 17.0 Å². The Morgan fingerprint density at radius 1 is 1.00 bits per heavy atom. The Bertz CT molecular complexity index is 1250. The van der Waals surface area contributed by atoms with E-state index >= 15 is 0 Å². The fourth-order valence-corrected chi connectivity index (χ4v) is 4.44. The molecule has 0 aliphatic carbocycles. The summed E-state index contributed by atoms with van der Waals surface area (Å²) in [6.07, 6.45) is 1.83. The molecule has 182 valence electrons. The van der Waals surface area contributed by atoms with E-state index in [1.807, 2.05) is 38.3 Å². The third kappa shape index (κ3) is 4.69. The van der Waals surface area contributed by atoms with Crippen LogP contribution in [-0.4, -0.2) is 45.7 Å². The van der Waals surface area contributed by atoms with Gasteiger partial charge in [0.15, 0.2) is 6.61 Å². The fourth-order valence-electron chi connectivity index (χ4n) is 4.44. The van der Waals surface area contributed by atoms with E-state index < -0.39 is 30.4 Å². The molecule has 8 heteroatoms. The number of benzene rings is 1. The average molecular weight is 477 g/mol. The zero-order valence-corrected chi connectivity index (χ0v) is 20.2. The molecule has 3 heterocycles. The van der Waals surface area contributed by atoms with Gasteiger partial charge in [-0.25, -0.2) is 4.79 Å². The second-order valence-electron chi connectivity index (χ2n) is 9.15. The molecule has 1 atom stereocenters. The maximum atomic E-state index is 13.1. The van der Waals surface area contributed by atoms with E-state index in [1.165, 1.54) is 0 Å². The molecular weight excluding hydrogens is 448 g/mol. The molecule has 4 rings (SSSR count). The zero-order chi connectivity index (χ0) is 25.3. The van der Waals surface area contributed by atoms with E-state index in [1.54, 1.807) is 42.7 Å². The van der Waals surface area contributed by atoms with Crippen LogP contribution >= 0.6 is 0 Å². The molecule has 2 amide bonds. The number of imide groups is 1. The number of esters is 1. The molecule has 35 heavy (non-hydrogen) atoms. The molecule has 0 saturated heterocycles. The van der Waals surface area contributed by atoms with Gasteiger partial charge in [0.25, 0.3) is 11.8 Å². The van der Waals surface area contributed by atoms with Crippen molar-refractivity contribution >= 4 is 23.6 Å². The molecule has 0 saturated carbocycles. The molecule has 2 aromatic heterocycles. The number of ketones is 1. The predicted octanol–water partition coefficient (Wildman–Crippen LogP) is 4.18. The number of rotatable bonds is 9. The summed E-state index contributed by atoms with van der Waals surface area (Å²) in [5, 5.41) is 0. The van der Waals surface area contributed by atoms with Crippen LogP contribution in [0.4, 0.5) is 0 Å². The quantitative estimate of drug-likeness (QED) is 0.261. The van der Waals surface area contributed by atoms with Crippen LogP contribution in [0, 0.1) is 19.8 Å². The molecule has 0 bridgehead atoms. The number of aryl methyl sites for hydroxylation is 1. The normalized spacial score (nSPS) is 13.9. The Kier molecular flexibility index (Phi) is 6.73. The van der Waals surface area contributed by atoms with E-state index in [0.717, 1.165) is 22.0 Å². The van der Waals surface area contributed by atoms with E-state index in [0.29, 0.717) is 12.1 Å². The Morgan fingerprint density at radius 2 is 1.66 bits per heavy atom. The highest BCUT2D eigenvalue weighted by Gasteiger charge is 2.43. The largest absolute Gasteiger partial charge is 0.467 e. The van der Waals surface area contributed by atoms with Crippen molar-refractivity contribution in [1.29, 1.82) is 0 Å². The van der Waals surface area contributed by atoms with E-state index in [4.69, 9.17) is 9.15 Å². The van der Waals surface area contributed by atoms with Gasteiger partial charge in [-0.15, -0.1) is 0 Å². The van der Waals surface area contributed by atoms with Crippen LogP contribution in [-0.2, 0) is 16.1 Å². The lowest BCUT2D eigenvalue weighted by molar-refractivity contribution is -0.147. The smallest absolute Gasteiger partial charge is 0.329 e. The first-order valence-electron chi connectivity index (χ1n) is 11.5. The van der Waals surface area contributed by atoms with Crippen molar-refractivity contribution < 1.29 is 28.3 Å². The molecular formula is C27H28N2O6. The number of carbonyl (C=O) groups is 4. The summed E-state index contributed by atoms with van der Waals surface area (Å²) in [4.78, 5) is 52.8. The van der Waals surface area contributed by atoms with Crippen molar-refractivity contribution in [2.24, 2.45) is 5.92 Å². The second kappa shape index (κ2) is 9.74. The minimum Gasteiger partial charge on any atom is -0.467 e. The van der Waals surface area contributed by atoms with Crippen LogP contribution in [0.15, 0.2) is 53.1 Å². The third-order valence-electron chi connectivity index (χ3n) is 6.22. The first-order valence-corrected chi connectivity index (χ1v) is 11.5. The van der Waals surface area contributed by atoms with Gasteiger partial charge >= 0.3 is 5.97 Å². The highest BCUT2D eigenvalue weighted by Crippen LogP contribution is 2.27. The van der Waals surface area contributed by atoms with E-state index in [2.05, 4.69) is 0 Å². The van der Waals surface area contributed by atoms with Gasteiger partial charge in [-0.2, -0.15) is 0 Å². The number of amides is 2. The summed E-state index contributed by atoms with van der Waals surface area (Å²) < 4.78 is 12.7. The second-order valence-corrected chi connectivity index (χ2v) is 9.15.